The first kappa shape index (κ1) is 24.6. The highest BCUT2D eigenvalue weighted by atomic mass is 35.5. The molecule has 38 heavy (non-hydrogen) atoms. The van der Waals surface area contributed by atoms with E-state index in [1.54, 1.807) is 12.1 Å². The number of benzene rings is 3. The fourth-order valence-corrected chi connectivity index (χ4v) is 6.62. The normalized spacial score (nSPS) is 22.3. The fourth-order valence-electron chi connectivity index (χ4n) is 6.43. The minimum Gasteiger partial charge on any atom is -0.493 e. The topological polar surface area (TPSA) is 74.3 Å². The van der Waals surface area contributed by atoms with Crippen molar-refractivity contribution in [3.05, 3.63) is 101 Å². The number of aliphatic carboxylic acids is 1. The number of carboxylic acid groups (broad SMARTS) is 1. The summed E-state index contributed by atoms with van der Waals surface area (Å²) >= 11 is 6.18. The van der Waals surface area contributed by atoms with Gasteiger partial charge in [0.05, 0.1) is 6.61 Å². The predicted molar refractivity (Wildman–Crippen MR) is 153 cm³/mol. The number of hydrogen-bond acceptors (Lipinski definition) is 3. The summed E-state index contributed by atoms with van der Waals surface area (Å²) in [4.78, 5) is 15.8. The number of nitrogens with one attached hydrogen (secondary N) is 2. The van der Waals surface area contributed by atoms with Crippen LogP contribution in [0.3, 0.4) is 0 Å². The summed E-state index contributed by atoms with van der Waals surface area (Å²) in [6, 6.07) is 24.0. The number of carbonyl (C=O) groups is 1. The van der Waals surface area contributed by atoms with Gasteiger partial charge in [0.1, 0.15) is 11.3 Å². The summed E-state index contributed by atoms with van der Waals surface area (Å²) < 4.78 is 6.19. The van der Waals surface area contributed by atoms with E-state index in [0.29, 0.717) is 24.5 Å². The van der Waals surface area contributed by atoms with Gasteiger partial charge in [-0.15, -0.1) is 0 Å². The zero-order chi connectivity index (χ0) is 26.2. The minimum absolute atomic E-state index is 0.133. The molecule has 6 heteroatoms. The van der Waals surface area contributed by atoms with E-state index in [1.807, 2.05) is 42.6 Å². The van der Waals surface area contributed by atoms with Gasteiger partial charge in [0.2, 0.25) is 0 Å². The molecule has 1 heterocycles. The molecule has 0 unspecified atom stereocenters. The van der Waals surface area contributed by atoms with Gasteiger partial charge in [-0.3, -0.25) is 0 Å². The second-order valence-electron chi connectivity index (χ2n) is 10.5. The Kier molecular flexibility index (Phi) is 6.40. The van der Waals surface area contributed by atoms with Gasteiger partial charge in [0.15, 0.2) is 0 Å². The molecule has 4 aromatic rings. The number of rotatable bonds is 8. The first-order chi connectivity index (χ1) is 18.5. The number of halogens is 1. The lowest BCUT2D eigenvalue weighted by Crippen LogP contribution is -2.52. The number of H-pyrrole nitrogens is 1. The van der Waals surface area contributed by atoms with Crippen molar-refractivity contribution in [3.63, 3.8) is 0 Å². The Bertz CT molecular complexity index is 1510. The van der Waals surface area contributed by atoms with Crippen LogP contribution in [0, 0.1) is 0 Å². The number of anilines is 1. The van der Waals surface area contributed by atoms with E-state index >= 15 is 0 Å². The number of fused-ring (bicyclic) bond motifs is 3. The molecule has 6 rings (SSSR count). The quantitative estimate of drug-likeness (QED) is 0.204. The van der Waals surface area contributed by atoms with Crippen LogP contribution in [0.5, 0.6) is 5.75 Å². The number of aromatic nitrogens is 1. The van der Waals surface area contributed by atoms with Crippen LogP contribution in [0.25, 0.3) is 17.0 Å². The number of ether oxygens (including phenoxy) is 1. The molecule has 5 nitrogen and oxygen atoms in total. The van der Waals surface area contributed by atoms with Crippen LogP contribution in [0.2, 0.25) is 5.02 Å². The molecule has 0 atom stereocenters. The summed E-state index contributed by atoms with van der Waals surface area (Å²) in [7, 11) is 0. The van der Waals surface area contributed by atoms with Gasteiger partial charge in [-0.05, 0) is 86.1 Å². The highest BCUT2D eigenvalue weighted by molar-refractivity contribution is 6.30. The Labute approximate surface area is 227 Å². The molecule has 194 valence electrons. The van der Waals surface area contributed by atoms with E-state index in [1.165, 1.54) is 16.7 Å². The monoisotopic (exact) mass is 526 g/mol. The molecule has 0 amide bonds. The van der Waals surface area contributed by atoms with Gasteiger partial charge in [0, 0.05) is 33.2 Å². The number of hydrogen-bond donors (Lipinski definition) is 3. The molecule has 1 spiro atoms. The maximum absolute atomic E-state index is 12.6. The Balaban J connectivity index is 1.19. The lowest BCUT2D eigenvalue weighted by molar-refractivity contribution is -0.143. The van der Waals surface area contributed by atoms with E-state index in [9.17, 15) is 9.90 Å². The zero-order valence-electron chi connectivity index (χ0n) is 21.2. The fraction of sp³-hybridized carbons (Fsp3) is 0.281. The molecule has 2 aliphatic carbocycles. The summed E-state index contributed by atoms with van der Waals surface area (Å²) in [6.07, 6.45) is 8.70. The van der Waals surface area contributed by atoms with Crippen molar-refractivity contribution in [2.24, 2.45) is 0 Å². The first-order valence-electron chi connectivity index (χ1n) is 13.3. The van der Waals surface area contributed by atoms with Crippen molar-refractivity contribution in [1.29, 1.82) is 0 Å². The lowest BCUT2D eigenvalue weighted by Gasteiger charge is -2.45. The minimum atomic E-state index is -1.02. The van der Waals surface area contributed by atoms with Crippen molar-refractivity contribution in [2.75, 3.05) is 11.9 Å². The average molecular weight is 527 g/mol. The number of carboxylic acids is 1. The van der Waals surface area contributed by atoms with Crippen LogP contribution >= 0.6 is 11.6 Å². The lowest BCUT2D eigenvalue weighted by atomic mass is 9.61. The van der Waals surface area contributed by atoms with Crippen LogP contribution in [0.15, 0.2) is 84.6 Å². The van der Waals surface area contributed by atoms with Crippen molar-refractivity contribution >= 4 is 40.2 Å². The molecule has 0 aliphatic heterocycles. The van der Waals surface area contributed by atoms with E-state index in [-0.39, 0.29) is 5.41 Å². The molecular formula is C32H31ClN2O3. The summed E-state index contributed by atoms with van der Waals surface area (Å²) in [5, 5.41) is 15.3. The summed E-state index contributed by atoms with van der Waals surface area (Å²) in [5.41, 5.74) is 4.65. The van der Waals surface area contributed by atoms with Crippen molar-refractivity contribution < 1.29 is 14.6 Å². The van der Waals surface area contributed by atoms with Crippen LogP contribution in [-0.4, -0.2) is 28.2 Å². The largest absolute Gasteiger partial charge is 0.493 e. The average Bonchev–Trinajstić information content (AvgIpc) is 3.52. The molecule has 2 aliphatic rings. The van der Waals surface area contributed by atoms with Gasteiger partial charge < -0.3 is 20.1 Å². The molecule has 0 saturated heterocycles. The second-order valence-corrected chi connectivity index (χ2v) is 10.9. The molecule has 1 aromatic heterocycles. The highest BCUT2D eigenvalue weighted by Gasteiger charge is 2.51. The third-order valence-electron chi connectivity index (χ3n) is 8.40. The molecule has 3 N–H and O–H groups in total. The van der Waals surface area contributed by atoms with E-state index in [4.69, 9.17) is 16.3 Å². The Morgan fingerprint density at radius 1 is 1.00 bits per heavy atom. The van der Waals surface area contributed by atoms with Gasteiger partial charge in [0.25, 0.3) is 0 Å². The highest BCUT2D eigenvalue weighted by Crippen LogP contribution is 2.54. The van der Waals surface area contributed by atoms with Crippen LogP contribution < -0.4 is 10.1 Å². The number of allylic oxidation sites excluding steroid dienone is 1. The van der Waals surface area contributed by atoms with E-state index in [0.717, 1.165) is 48.0 Å². The van der Waals surface area contributed by atoms with Gasteiger partial charge in [-0.2, -0.15) is 0 Å². The van der Waals surface area contributed by atoms with Crippen LogP contribution in [0.4, 0.5) is 5.69 Å². The molecule has 1 saturated carbocycles. The Morgan fingerprint density at radius 3 is 2.63 bits per heavy atom. The standard InChI is InChI=1S/C32H31ClN2O3/c33-24-8-3-9-25(21-24)35-32(30(36)37)16-14-31(15-17-32)23(20-22-6-1-2-10-27(22)31)7-5-19-38-29-12-4-11-28-26(29)13-18-34-28/h1-4,6,8-13,18,20-21,34-35H,5,7,14-17,19H2,(H,36,37). The summed E-state index contributed by atoms with van der Waals surface area (Å²) in [6.45, 7) is 0.628. The maximum atomic E-state index is 12.6. The summed E-state index contributed by atoms with van der Waals surface area (Å²) in [5.74, 6) is 0.0922. The third-order valence-corrected chi connectivity index (χ3v) is 8.63. The SMILES string of the molecule is O=C(O)C1(Nc2cccc(Cl)c2)CCC2(CC1)C(CCCOc1cccc3[nH]ccc13)=Cc1ccccc12. The Hall–Kier alpha value is -3.70. The molecule has 0 bridgehead atoms. The number of aromatic amines is 1. The molecule has 1 fully saturated rings. The smallest absolute Gasteiger partial charge is 0.329 e. The Morgan fingerprint density at radius 2 is 1.82 bits per heavy atom. The van der Waals surface area contributed by atoms with Crippen LogP contribution in [0.1, 0.15) is 49.7 Å². The van der Waals surface area contributed by atoms with E-state index in [2.05, 4.69) is 40.6 Å². The van der Waals surface area contributed by atoms with Gasteiger partial charge in [-0.25, -0.2) is 4.79 Å². The van der Waals surface area contributed by atoms with E-state index < -0.39 is 11.5 Å². The maximum Gasteiger partial charge on any atom is 0.329 e. The zero-order valence-corrected chi connectivity index (χ0v) is 21.9. The molecule has 3 aromatic carbocycles. The second kappa shape index (κ2) is 9.88. The van der Waals surface area contributed by atoms with Crippen LogP contribution in [-0.2, 0) is 10.2 Å². The van der Waals surface area contributed by atoms with Gasteiger partial charge >= 0.3 is 5.97 Å². The van der Waals surface area contributed by atoms with Gasteiger partial charge in [-0.1, -0.05) is 59.6 Å². The molecular weight excluding hydrogens is 496 g/mol. The third kappa shape index (κ3) is 4.35. The van der Waals surface area contributed by atoms with Crippen molar-refractivity contribution in [1.82, 2.24) is 4.98 Å². The van der Waals surface area contributed by atoms with Crippen molar-refractivity contribution in [3.8, 4) is 5.75 Å². The molecule has 0 radical (unpaired) electrons. The predicted octanol–water partition coefficient (Wildman–Crippen LogP) is 7.82. The van der Waals surface area contributed by atoms with Crippen molar-refractivity contribution in [2.45, 2.75) is 49.5 Å². The first-order valence-corrected chi connectivity index (χ1v) is 13.6.